The van der Waals surface area contributed by atoms with Crippen LogP contribution in [0.5, 0.6) is 0 Å². The van der Waals surface area contributed by atoms with Gasteiger partial charge in [0, 0.05) is 47.6 Å². The molecule has 8 heteroatoms. The summed E-state index contributed by atoms with van der Waals surface area (Å²) in [5, 5.41) is 0. The summed E-state index contributed by atoms with van der Waals surface area (Å²) in [6.45, 7) is 1.87. The standard InChI is InChI=1S/C19H15F4N3S/c20-14-3-1-12(2-4-14)17-6-5-15(27-17)11-26-8-7-16-13(10-26)9-24-18(25-16)19(21,22)23/h1-6,9H,7-8,10-11H2. The first-order chi connectivity index (χ1) is 12.9. The van der Waals surface area contributed by atoms with E-state index in [2.05, 4.69) is 14.9 Å². The Kier molecular flexibility index (Phi) is 4.69. The lowest BCUT2D eigenvalue weighted by Gasteiger charge is -2.27. The van der Waals surface area contributed by atoms with E-state index in [1.54, 1.807) is 23.5 Å². The van der Waals surface area contributed by atoms with Gasteiger partial charge in [-0.15, -0.1) is 11.3 Å². The van der Waals surface area contributed by atoms with E-state index in [-0.39, 0.29) is 5.82 Å². The second-order valence-electron chi connectivity index (χ2n) is 6.40. The highest BCUT2D eigenvalue weighted by Gasteiger charge is 2.35. The highest BCUT2D eigenvalue weighted by atomic mass is 32.1. The summed E-state index contributed by atoms with van der Waals surface area (Å²) in [6.07, 6.45) is -2.76. The number of hydrogen-bond acceptors (Lipinski definition) is 4. The van der Waals surface area contributed by atoms with Gasteiger partial charge in [-0.25, -0.2) is 14.4 Å². The molecule has 3 nitrogen and oxygen atoms in total. The van der Waals surface area contributed by atoms with Crippen molar-refractivity contribution in [3.8, 4) is 10.4 Å². The van der Waals surface area contributed by atoms with Gasteiger partial charge in [0.05, 0.1) is 5.69 Å². The highest BCUT2D eigenvalue weighted by molar-refractivity contribution is 7.15. The number of halogens is 4. The Morgan fingerprint density at radius 2 is 1.85 bits per heavy atom. The van der Waals surface area contributed by atoms with Gasteiger partial charge in [0.2, 0.25) is 5.82 Å². The molecule has 3 heterocycles. The Hall–Kier alpha value is -2.32. The van der Waals surface area contributed by atoms with Crippen LogP contribution in [0.2, 0.25) is 0 Å². The molecule has 0 atom stereocenters. The van der Waals surface area contributed by atoms with Gasteiger partial charge in [0.1, 0.15) is 5.82 Å². The fourth-order valence-corrected chi connectivity index (χ4v) is 4.15. The zero-order valence-corrected chi connectivity index (χ0v) is 14.9. The second kappa shape index (κ2) is 7.01. The van der Waals surface area contributed by atoms with Gasteiger partial charge in [0.25, 0.3) is 0 Å². The molecule has 3 aromatic rings. The molecule has 2 aromatic heterocycles. The SMILES string of the molecule is Fc1ccc(-c2ccc(CN3CCc4nc(C(F)(F)F)ncc4C3)s2)cc1. The number of nitrogens with zero attached hydrogens (tertiary/aromatic N) is 3. The molecule has 27 heavy (non-hydrogen) atoms. The third kappa shape index (κ3) is 4.01. The van der Waals surface area contributed by atoms with E-state index in [4.69, 9.17) is 0 Å². The molecule has 0 aliphatic carbocycles. The van der Waals surface area contributed by atoms with Gasteiger partial charge in [0.15, 0.2) is 0 Å². The fourth-order valence-electron chi connectivity index (χ4n) is 3.10. The molecule has 0 fully saturated rings. The van der Waals surface area contributed by atoms with E-state index >= 15 is 0 Å². The lowest BCUT2D eigenvalue weighted by molar-refractivity contribution is -0.145. The minimum atomic E-state index is -4.51. The molecule has 140 valence electrons. The number of alkyl halides is 3. The average molecular weight is 393 g/mol. The number of fused-ring (bicyclic) bond motifs is 1. The monoisotopic (exact) mass is 393 g/mol. The van der Waals surface area contributed by atoms with E-state index in [0.717, 1.165) is 20.9 Å². The Morgan fingerprint density at radius 3 is 2.59 bits per heavy atom. The summed E-state index contributed by atoms with van der Waals surface area (Å²) >= 11 is 1.63. The van der Waals surface area contributed by atoms with E-state index in [1.807, 2.05) is 12.1 Å². The number of rotatable bonds is 3. The maximum atomic E-state index is 13.1. The molecule has 0 N–H and O–H groups in total. The van der Waals surface area contributed by atoms with Crippen molar-refractivity contribution < 1.29 is 17.6 Å². The molecule has 1 aromatic carbocycles. The van der Waals surface area contributed by atoms with Gasteiger partial charge in [-0.1, -0.05) is 12.1 Å². The lowest BCUT2D eigenvalue weighted by Crippen LogP contribution is -2.31. The van der Waals surface area contributed by atoms with E-state index in [1.165, 1.54) is 18.3 Å². The number of aromatic nitrogens is 2. The van der Waals surface area contributed by atoms with Gasteiger partial charge in [-0.2, -0.15) is 13.2 Å². The summed E-state index contributed by atoms with van der Waals surface area (Å²) in [5.41, 5.74) is 2.18. The van der Waals surface area contributed by atoms with Crippen LogP contribution in [-0.2, 0) is 25.7 Å². The minimum absolute atomic E-state index is 0.265. The Labute approximate surface area is 157 Å². The molecule has 0 bridgehead atoms. The Morgan fingerprint density at radius 1 is 1.07 bits per heavy atom. The van der Waals surface area contributed by atoms with Crippen LogP contribution in [0.1, 0.15) is 22.0 Å². The number of hydrogen-bond donors (Lipinski definition) is 0. The summed E-state index contributed by atoms with van der Waals surface area (Å²) in [5.74, 6) is -1.34. The molecule has 0 radical (unpaired) electrons. The molecule has 0 saturated carbocycles. The maximum Gasteiger partial charge on any atom is 0.451 e. The predicted molar refractivity (Wildman–Crippen MR) is 94.6 cm³/mol. The smallest absolute Gasteiger partial charge is 0.293 e. The van der Waals surface area contributed by atoms with E-state index in [0.29, 0.717) is 31.7 Å². The Bertz CT molecular complexity index is 950. The molecular weight excluding hydrogens is 378 g/mol. The van der Waals surface area contributed by atoms with Crippen LogP contribution < -0.4 is 0 Å². The topological polar surface area (TPSA) is 29.0 Å². The van der Waals surface area contributed by atoms with Crippen LogP contribution >= 0.6 is 11.3 Å². The van der Waals surface area contributed by atoms with Crippen LogP contribution in [0.25, 0.3) is 10.4 Å². The fraction of sp³-hybridized carbons (Fsp3) is 0.263. The average Bonchev–Trinajstić information content (AvgIpc) is 3.09. The van der Waals surface area contributed by atoms with E-state index < -0.39 is 12.0 Å². The molecule has 0 amide bonds. The Balaban J connectivity index is 1.45. The van der Waals surface area contributed by atoms with Crippen molar-refractivity contribution in [1.82, 2.24) is 14.9 Å². The zero-order chi connectivity index (χ0) is 19.0. The van der Waals surface area contributed by atoms with Crippen LogP contribution in [0.15, 0.2) is 42.6 Å². The first-order valence-electron chi connectivity index (χ1n) is 8.37. The highest BCUT2D eigenvalue weighted by Crippen LogP contribution is 2.31. The first kappa shape index (κ1) is 18.1. The molecule has 4 rings (SSSR count). The third-order valence-corrected chi connectivity index (χ3v) is 5.56. The van der Waals surface area contributed by atoms with Crippen molar-refractivity contribution >= 4 is 11.3 Å². The van der Waals surface area contributed by atoms with Gasteiger partial charge in [-0.3, -0.25) is 4.90 Å². The summed E-state index contributed by atoms with van der Waals surface area (Å²) in [6, 6.07) is 10.4. The van der Waals surface area contributed by atoms with Crippen molar-refractivity contribution in [2.45, 2.75) is 25.7 Å². The maximum absolute atomic E-state index is 13.1. The summed E-state index contributed by atoms with van der Waals surface area (Å²) < 4.78 is 51.2. The molecule has 0 unspecified atom stereocenters. The first-order valence-corrected chi connectivity index (χ1v) is 9.19. The second-order valence-corrected chi connectivity index (χ2v) is 7.57. The molecule has 1 aliphatic heterocycles. The summed E-state index contributed by atoms with van der Waals surface area (Å²) in [7, 11) is 0. The van der Waals surface area contributed by atoms with Crippen LogP contribution in [0.4, 0.5) is 17.6 Å². The zero-order valence-electron chi connectivity index (χ0n) is 14.1. The van der Waals surface area contributed by atoms with Crippen LogP contribution in [0.3, 0.4) is 0 Å². The van der Waals surface area contributed by atoms with Crippen molar-refractivity contribution in [1.29, 1.82) is 0 Å². The molecular formula is C19H15F4N3S. The van der Waals surface area contributed by atoms with Gasteiger partial charge < -0.3 is 0 Å². The van der Waals surface area contributed by atoms with Crippen LogP contribution in [-0.4, -0.2) is 21.4 Å². The van der Waals surface area contributed by atoms with Crippen molar-refractivity contribution in [3.63, 3.8) is 0 Å². The molecule has 1 aliphatic rings. The van der Waals surface area contributed by atoms with Crippen LogP contribution in [0, 0.1) is 5.82 Å². The molecule has 0 saturated heterocycles. The summed E-state index contributed by atoms with van der Waals surface area (Å²) in [4.78, 5) is 11.5. The predicted octanol–water partition coefficient (Wildman–Crippen LogP) is 4.92. The number of thiophene rings is 1. The number of benzene rings is 1. The van der Waals surface area contributed by atoms with Gasteiger partial charge >= 0.3 is 6.18 Å². The molecule has 0 spiro atoms. The van der Waals surface area contributed by atoms with Crippen molar-refractivity contribution in [2.75, 3.05) is 6.54 Å². The van der Waals surface area contributed by atoms with E-state index in [9.17, 15) is 17.6 Å². The quantitative estimate of drug-likeness (QED) is 0.592. The largest absolute Gasteiger partial charge is 0.451 e. The normalized spacial score (nSPS) is 15.0. The van der Waals surface area contributed by atoms with Gasteiger partial charge in [-0.05, 0) is 29.8 Å². The lowest BCUT2D eigenvalue weighted by atomic mass is 10.1. The van der Waals surface area contributed by atoms with Crippen molar-refractivity contribution in [3.05, 3.63) is 70.4 Å². The minimum Gasteiger partial charge on any atom is -0.293 e. The third-order valence-electron chi connectivity index (χ3n) is 4.44. The van der Waals surface area contributed by atoms with Crippen molar-refractivity contribution in [2.24, 2.45) is 0 Å².